The van der Waals surface area contributed by atoms with Crippen molar-refractivity contribution in [3.8, 4) is 0 Å². The molecule has 0 aromatic heterocycles. The average Bonchev–Trinajstić information content (AvgIpc) is 3.39. The third kappa shape index (κ3) is 4.03. The molecule has 0 aromatic carbocycles. The normalized spacial score (nSPS) is 36.3. The van der Waals surface area contributed by atoms with E-state index < -0.39 is 65.1 Å². The zero-order valence-electron chi connectivity index (χ0n) is 15.9. The lowest BCUT2D eigenvalue weighted by Gasteiger charge is -2.27. The van der Waals surface area contributed by atoms with Crippen molar-refractivity contribution in [1.82, 2.24) is 0 Å². The predicted octanol–water partition coefficient (Wildman–Crippen LogP) is 1.36. The van der Waals surface area contributed by atoms with Crippen LogP contribution in [0.4, 0.5) is 8.78 Å². The fourth-order valence-corrected chi connectivity index (χ4v) is 3.41. The molecule has 3 rings (SSSR count). The number of aliphatic hydroxyl groups excluding tert-OH is 2. The minimum Gasteiger partial charge on any atom is -0.494 e. The van der Waals surface area contributed by atoms with Gasteiger partial charge in [0.25, 0.3) is 0 Å². The number of aliphatic hydroxyl groups is 2. The Hall–Kier alpha value is -2.36. The van der Waals surface area contributed by atoms with E-state index in [1.54, 1.807) is 6.08 Å². The van der Waals surface area contributed by atoms with Crippen molar-refractivity contribution in [3.05, 3.63) is 47.3 Å². The van der Waals surface area contributed by atoms with Crippen molar-refractivity contribution in [1.29, 1.82) is 0 Å². The molecule has 3 aliphatic rings. The molecule has 0 unspecified atom stereocenters. The van der Waals surface area contributed by atoms with Crippen LogP contribution in [0.3, 0.4) is 0 Å². The summed E-state index contributed by atoms with van der Waals surface area (Å²) in [4.78, 5) is 25.0. The number of rotatable bonds is 1. The van der Waals surface area contributed by atoms with Crippen LogP contribution in [0, 0.1) is 0 Å². The molecule has 0 saturated carbocycles. The molecular formula is C20H22F2O7. The summed E-state index contributed by atoms with van der Waals surface area (Å²) in [6.45, 7) is 5.20. The van der Waals surface area contributed by atoms with Gasteiger partial charge in [0.2, 0.25) is 0 Å². The highest BCUT2D eigenvalue weighted by Crippen LogP contribution is 2.48. The molecule has 1 fully saturated rings. The standard InChI is InChI=1S/C20H22F2O7/c1-9-5-4-6-10(2)28-19(26)15-11(23)8-14(27-3)20(21,22)16(15)18-13(29-18)7-12(24)17(9)25/h4-5,8,10,12-13,17-18,24-25H,1,6-7H2,2-3H3/b5-4+/t10-,12-,13+,17+,18-/m0/s1. The van der Waals surface area contributed by atoms with Crippen LogP contribution in [0.1, 0.15) is 19.8 Å². The van der Waals surface area contributed by atoms with E-state index in [1.807, 2.05) is 0 Å². The molecule has 2 N–H and O–H groups in total. The molecule has 0 radical (unpaired) electrons. The zero-order chi connectivity index (χ0) is 21.5. The fourth-order valence-electron chi connectivity index (χ4n) is 3.41. The molecule has 5 atom stereocenters. The monoisotopic (exact) mass is 412 g/mol. The van der Waals surface area contributed by atoms with Gasteiger partial charge in [-0.2, -0.15) is 8.78 Å². The average molecular weight is 412 g/mol. The van der Waals surface area contributed by atoms with Crippen molar-refractivity contribution in [2.45, 2.75) is 56.2 Å². The summed E-state index contributed by atoms with van der Waals surface area (Å²) in [6.07, 6.45) is -2.04. The summed E-state index contributed by atoms with van der Waals surface area (Å²) >= 11 is 0. The molecule has 0 bridgehead atoms. The number of ketones is 1. The number of ether oxygens (including phenoxy) is 3. The van der Waals surface area contributed by atoms with Crippen molar-refractivity contribution in [3.63, 3.8) is 0 Å². The van der Waals surface area contributed by atoms with Crippen LogP contribution >= 0.6 is 0 Å². The first kappa shape index (κ1) is 21.4. The molecule has 0 amide bonds. The highest BCUT2D eigenvalue weighted by molar-refractivity contribution is 6.23. The van der Waals surface area contributed by atoms with E-state index in [9.17, 15) is 19.8 Å². The van der Waals surface area contributed by atoms with Crippen molar-refractivity contribution >= 4 is 11.8 Å². The number of epoxide rings is 1. The first-order valence-electron chi connectivity index (χ1n) is 9.08. The van der Waals surface area contributed by atoms with Gasteiger partial charge >= 0.3 is 11.9 Å². The summed E-state index contributed by atoms with van der Waals surface area (Å²) in [5.74, 6) is -6.83. The third-order valence-corrected chi connectivity index (χ3v) is 5.04. The van der Waals surface area contributed by atoms with Gasteiger partial charge in [-0.05, 0) is 12.5 Å². The van der Waals surface area contributed by atoms with Crippen LogP contribution in [-0.4, -0.2) is 65.5 Å². The Bertz CT molecular complexity index is 827. The fraction of sp³-hybridized carbons (Fsp3) is 0.500. The van der Waals surface area contributed by atoms with E-state index >= 15 is 8.78 Å². The highest BCUT2D eigenvalue weighted by atomic mass is 19.3. The molecule has 2 aliphatic heterocycles. The lowest BCUT2D eigenvalue weighted by molar-refractivity contribution is -0.144. The van der Waals surface area contributed by atoms with Gasteiger partial charge < -0.3 is 24.4 Å². The van der Waals surface area contributed by atoms with Gasteiger partial charge in [0.1, 0.15) is 23.9 Å². The lowest BCUT2D eigenvalue weighted by atomic mass is 9.87. The van der Waals surface area contributed by atoms with Crippen LogP contribution in [0.2, 0.25) is 0 Å². The minimum absolute atomic E-state index is 0.183. The Kier molecular flexibility index (Phi) is 5.75. The summed E-state index contributed by atoms with van der Waals surface area (Å²) in [7, 11) is 0.991. The van der Waals surface area contributed by atoms with Gasteiger partial charge in [0.05, 0.1) is 24.9 Å². The molecule has 0 aromatic rings. The Morgan fingerprint density at radius 2 is 2.00 bits per heavy atom. The van der Waals surface area contributed by atoms with Gasteiger partial charge in [-0.1, -0.05) is 18.7 Å². The van der Waals surface area contributed by atoms with E-state index in [4.69, 9.17) is 9.47 Å². The number of alkyl halides is 2. The Morgan fingerprint density at radius 1 is 1.31 bits per heavy atom. The second kappa shape index (κ2) is 7.81. The van der Waals surface area contributed by atoms with Crippen molar-refractivity contribution in [2.75, 3.05) is 7.11 Å². The molecule has 1 aliphatic carbocycles. The quantitative estimate of drug-likeness (QED) is 0.381. The Morgan fingerprint density at radius 3 is 2.66 bits per heavy atom. The van der Waals surface area contributed by atoms with Gasteiger partial charge in [-0.15, -0.1) is 0 Å². The second-order valence-electron chi connectivity index (χ2n) is 7.21. The van der Waals surface area contributed by atoms with Crippen molar-refractivity contribution in [2.24, 2.45) is 0 Å². The maximum atomic E-state index is 15.0. The molecule has 158 valence electrons. The molecule has 9 heteroatoms. The van der Waals surface area contributed by atoms with Crippen LogP contribution in [-0.2, 0) is 23.8 Å². The number of cyclic esters (lactones) is 1. The predicted molar refractivity (Wildman–Crippen MR) is 95.8 cm³/mol. The lowest BCUT2D eigenvalue weighted by Crippen LogP contribution is -2.38. The smallest absolute Gasteiger partial charge is 0.342 e. The van der Waals surface area contributed by atoms with E-state index in [2.05, 4.69) is 11.3 Å². The number of esters is 1. The molecule has 1 saturated heterocycles. The first-order valence-corrected chi connectivity index (χ1v) is 9.08. The van der Waals surface area contributed by atoms with E-state index in [1.165, 1.54) is 13.0 Å². The maximum Gasteiger partial charge on any atom is 0.342 e. The first-order chi connectivity index (χ1) is 13.6. The number of fused-ring (bicyclic) bond motifs is 2. The van der Waals surface area contributed by atoms with Gasteiger partial charge in [-0.25, -0.2) is 4.79 Å². The third-order valence-electron chi connectivity index (χ3n) is 5.04. The molecule has 2 heterocycles. The van der Waals surface area contributed by atoms with Crippen molar-refractivity contribution < 1.29 is 42.8 Å². The van der Waals surface area contributed by atoms with Gasteiger partial charge in [0, 0.05) is 18.9 Å². The van der Waals surface area contributed by atoms with Gasteiger partial charge in [0.15, 0.2) is 11.5 Å². The number of methoxy groups -OCH3 is 1. The number of carbonyl (C=O) groups excluding carboxylic acids is 2. The van der Waals surface area contributed by atoms with Crippen LogP contribution in [0.5, 0.6) is 0 Å². The molecule has 0 spiro atoms. The zero-order valence-corrected chi connectivity index (χ0v) is 15.9. The summed E-state index contributed by atoms with van der Waals surface area (Å²) in [5.41, 5.74) is -1.43. The molecule has 29 heavy (non-hydrogen) atoms. The Balaban J connectivity index is 2.03. The topological polar surface area (TPSA) is 106 Å². The van der Waals surface area contributed by atoms with E-state index in [0.29, 0.717) is 6.08 Å². The Labute approximate surface area is 165 Å². The number of hydrogen-bond acceptors (Lipinski definition) is 7. The minimum atomic E-state index is -3.77. The molecular weight excluding hydrogens is 390 g/mol. The number of hydrogen-bond donors (Lipinski definition) is 2. The summed E-state index contributed by atoms with van der Waals surface area (Å²) in [6, 6.07) is 0. The van der Waals surface area contributed by atoms with E-state index in [-0.39, 0.29) is 18.4 Å². The van der Waals surface area contributed by atoms with Crippen LogP contribution in [0.15, 0.2) is 47.3 Å². The highest BCUT2D eigenvalue weighted by Gasteiger charge is 2.59. The second-order valence-corrected chi connectivity index (χ2v) is 7.21. The number of allylic oxidation sites excluding steroid dienone is 2. The van der Waals surface area contributed by atoms with Crippen LogP contribution < -0.4 is 0 Å². The van der Waals surface area contributed by atoms with E-state index in [0.717, 1.165) is 7.11 Å². The summed E-state index contributed by atoms with van der Waals surface area (Å²) in [5, 5.41) is 20.4. The molecule has 7 nitrogen and oxygen atoms in total. The SMILES string of the molecule is C=C1/C=C/C[C@H](C)OC(=O)C2=C([C@H]3O[C@@H]3C[C@H](O)[C@@H]1O)C(F)(F)C(OC)=CC2=O. The van der Waals surface area contributed by atoms with Crippen LogP contribution in [0.25, 0.3) is 0 Å². The number of halogens is 2. The summed E-state index contributed by atoms with van der Waals surface area (Å²) < 4.78 is 45.1. The number of carbonyl (C=O) groups is 2. The van der Waals surface area contributed by atoms with Gasteiger partial charge in [-0.3, -0.25) is 4.79 Å². The maximum absolute atomic E-state index is 15.0. The largest absolute Gasteiger partial charge is 0.494 e.